The molecule has 0 bridgehead atoms. The molecule has 0 unspecified atom stereocenters. The first-order valence-electron chi connectivity index (χ1n) is 7.82. The van der Waals surface area contributed by atoms with Gasteiger partial charge in [-0.15, -0.1) is 22.6 Å². The van der Waals surface area contributed by atoms with Crippen LogP contribution in [-0.2, 0) is 14.8 Å². The lowest BCUT2D eigenvalue weighted by molar-refractivity contribution is -0.116. The molecule has 0 saturated carbocycles. The fourth-order valence-corrected chi connectivity index (χ4v) is 3.14. The van der Waals surface area contributed by atoms with Crippen molar-refractivity contribution in [2.24, 2.45) is 0 Å². The van der Waals surface area contributed by atoms with E-state index >= 15 is 0 Å². The summed E-state index contributed by atoms with van der Waals surface area (Å²) in [6.45, 7) is 2.07. The molecule has 0 aliphatic rings. The van der Waals surface area contributed by atoms with Crippen LogP contribution in [-0.4, -0.2) is 24.5 Å². The summed E-state index contributed by atoms with van der Waals surface area (Å²) in [4.78, 5) is 11.8. The zero-order valence-corrected chi connectivity index (χ0v) is 16.5. The number of halogens is 2. The van der Waals surface area contributed by atoms with Gasteiger partial charge in [0.15, 0.2) is 11.0 Å². The number of benzene rings is 1. The van der Waals surface area contributed by atoms with Gasteiger partial charge in [-0.25, -0.2) is 8.42 Å². The highest BCUT2D eigenvalue weighted by molar-refractivity contribution is 7.92. The molecule has 0 saturated heterocycles. The molecule has 1 heterocycles. The fourth-order valence-electron chi connectivity index (χ4n) is 2.04. The van der Waals surface area contributed by atoms with Crippen LogP contribution in [0.4, 0.5) is 11.5 Å². The van der Waals surface area contributed by atoms with Crippen molar-refractivity contribution in [2.75, 3.05) is 10.0 Å². The smallest absolute Gasteiger partial charge is 0.263 e. The van der Waals surface area contributed by atoms with Crippen molar-refractivity contribution < 1.29 is 13.2 Å². The number of anilines is 2. The van der Waals surface area contributed by atoms with Gasteiger partial charge in [-0.05, 0) is 42.8 Å². The Morgan fingerprint density at radius 3 is 2.35 bits per heavy atom. The molecular weight excluding hydrogens is 399 g/mol. The van der Waals surface area contributed by atoms with E-state index in [9.17, 15) is 13.2 Å². The van der Waals surface area contributed by atoms with Gasteiger partial charge in [0.1, 0.15) is 0 Å². The third-order valence-corrected chi connectivity index (χ3v) is 4.90. The number of unbranched alkanes of at least 4 members (excludes halogenated alkanes) is 2. The van der Waals surface area contributed by atoms with Gasteiger partial charge in [-0.3, -0.25) is 9.52 Å². The maximum atomic E-state index is 12.3. The fraction of sp³-hybridized carbons (Fsp3) is 0.312. The van der Waals surface area contributed by atoms with Crippen molar-refractivity contribution in [2.45, 2.75) is 37.5 Å². The molecule has 2 N–H and O–H groups in total. The van der Waals surface area contributed by atoms with E-state index in [1.807, 2.05) is 0 Å². The average molecular weight is 419 g/mol. The number of sulfonamides is 1. The van der Waals surface area contributed by atoms with Gasteiger partial charge in [0, 0.05) is 12.1 Å². The van der Waals surface area contributed by atoms with E-state index in [0.29, 0.717) is 12.1 Å². The molecule has 10 heteroatoms. The van der Waals surface area contributed by atoms with E-state index in [1.165, 1.54) is 24.3 Å². The number of aromatic nitrogens is 2. The van der Waals surface area contributed by atoms with Gasteiger partial charge in [0.25, 0.3) is 10.0 Å². The SMILES string of the molecule is CCCCCC(=O)Nc1ccc(S(=O)(=O)Nc2ccc(Cl)nn2)cc1.Cl. The maximum absolute atomic E-state index is 12.3. The molecule has 0 spiro atoms. The largest absolute Gasteiger partial charge is 0.326 e. The molecule has 26 heavy (non-hydrogen) atoms. The molecule has 7 nitrogen and oxygen atoms in total. The topological polar surface area (TPSA) is 101 Å². The summed E-state index contributed by atoms with van der Waals surface area (Å²) in [6, 6.07) is 8.75. The van der Waals surface area contributed by atoms with Gasteiger partial charge < -0.3 is 5.32 Å². The van der Waals surface area contributed by atoms with Gasteiger partial charge in [0.05, 0.1) is 4.90 Å². The predicted molar refractivity (Wildman–Crippen MR) is 104 cm³/mol. The number of nitrogens with one attached hydrogen (secondary N) is 2. The average Bonchev–Trinajstić information content (AvgIpc) is 2.57. The lowest BCUT2D eigenvalue weighted by Gasteiger charge is -2.08. The van der Waals surface area contributed by atoms with Crippen LogP contribution in [0.25, 0.3) is 0 Å². The van der Waals surface area contributed by atoms with Crippen LogP contribution in [0, 0.1) is 0 Å². The number of rotatable bonds is 8. The molecule has 0 aliphatic carbocycles. The van der Waals surface area contributed by atoms with E-state index in [2.05, 4.69) is 27.2 Å². The van der Waals surface area contributed by atoms with E-state index < -0.39 is 10.0 Å². The number of nitrogens with zero attached hydrogens (tertiary/aromatic N) is 2. The van der Waals surface area contributed by atoms with E-state index in [1.54, 1.807) is 12.1 Å². The minimum Gasteiger partial charge on any atom is -0.326 e. The van der Waals surface area contributed by atoms with Crippen LogP contribution in [0.2, 0.25) is 5.15 Å². The Bertz CT molecular complexity index is 812. The quantitative estimate of drug-likeness (QED) is 0.633. The van der Waals surface area contributed by atoms with Crippen molar-refractivity contribution in [1.82, 2.24) is 10.2 Å². The second-order valence-corrected chi connectivity index (χ2v) is 7.45. The third kappa shape index (κ3) is 6.78. The second-order valence-electron chi connectivity index (χ2n) is 5.38. The number of hydrogen-bond acceptors (Lipinski definition) is 5. The molecule has 1 aromatic carbocycles. The van der Waals surface area contributed by atoms with Gasteiger partial charge >= 0.3 is 0 Å². The van der Waals surface area contributed by atoms with Crippen LogP contribution < -0.4 is 10.0 Å². The van der Waals surface area contributed by atoms with Crippen molar-refractivity contribution in [3.05, 3.63) is 41.6 Å². The Kier molecular flexibility index (Phi) is 8.77. The standard InChI is InChI=1S/C16H19ClN4O3S.ClH/c1-2-3-4-5-16(22)18-12-6-8-13(9-7-12)25(23,24)21-15-11-10-14(17)19-20-15;/h6-11H,2-5H2,1H3,(H,18,22)(H,20,21);1H. The first-order chi connectivity index (χ1) is 11.9. The molecule has 0 aliphatic heterocycles. The predicted octanol–water partition coefficient (Wildman–Crippen LogP) is 3.87. The van der Waals surface area contributed by atoms with Crippen LogP contribution in [0.1, 0.15) is 32.6 Å². The van der Waals surface area contributed by atoms with Gasteiger partial charge in [-0.1, -0.05) is 31.4 Å². The molecule has 142 valence electrons. The second kappa shape index (κ2) is 10.3. The van der Waals surface area contributed by atoms with Crippen LogP contribution in [0.5, 0.6) is 0 Å². The van der Waals surface area contributed by atoms with Gasteiger partial charge in [-0.2, -0.15) is 0 Å². The zero-order chi connectivity index (χ0) is 18.3. The maximum Gasteiger partial charge on any atom is 0.263 e. The summed E-state index contributed by atoms with van der Waals surface area (Å²) in [6.07, 6.45) is 3.33. The third-order valence-electron chi connectivity index (χ3n) is 3.33. The van der Waals surface area contributed by atoms with E-state index in [4.69, 9.17) is 11.6 Å². The van der Waals surface area contributed by atoms with Crippen LogP contribution in [0.3, 0.4) is 0 Å². The van der Waals surface area contributed by atoms with Gasteiger partial charge in [0.2, 0.25) is 5.91 Å². The lowest BCUT2D eigenvalue weighted by atomic mass is 10.2. The highest BCUT2D eigenvalue weighted by Gasteiger charge is 2.15. The molecule has 0 fully saturated rings. The van der Waals surface area contributed by atoms with Crippen molar-refractivity contribution in [3.63, 3.8) is 0 Å². The number of carbonyl (C=O) groups excluding carboxylic acids is 1. The highest BCUT2D eigenvalue weighted by Crippen LogP contribution is 2.18. The molecule has 2 rings (SSSR count). The van der Waals surface area contributed by atoms with E-state index in [0.717, 1.165) is 19.3 Å². The van der Waals surface area contributed by atoms with E-state index in [-0.39, 0.29) is 34.2 Å². The normalized spacial score (nSPS) is 10.7. The summed E-state index contributed by atoms with van der Waals surface area (Å²) >= 11 is 5.61. The Hall–Kier alpha value is -1.90. The Morgan fingerprint density at radius 1 is 1.08 bits per heavy atom. The Balaban J connectivity index is 0.00000338. The Morgan fingerprint density at radius 2 is 1.77 bits per heavy atom. The number of carbonyl (C=O) groups is 1. The minimum absolute atomic E-state index is 0. The first kappa shape index (κ1) is 22.1. The molecular formula is C16H20Cl2N4O3S. The molecule has 0 atom stereocenters. The van der Waals surface area contributed by atoms with Crippen LogP contribution in [0.15, 0.2) is 41.3 Å². The molecule has 0 radical (unpaired) electrons. The molecule has 1 aromatic heterocycles. The summed E-state index contributed by atoms with van der Waals surface area (Å²) in [5.41, 5.74) is 0.548. The molecule has 1 amide bonds. The molecule has 2 aromatic rings. The summed E-state index contributed by atoms with van der Waals surface area (Å²) in [5.74, 6) is -0.0173. The Labute approximate surface area is 164 Å². The highest BCUT2D eigenvalue weighted by atomic mass is 35.5. The number of amides is 1. The van der Waals surface area contributed by atoms with Crippen molar-refractivity contribution in [3.8, 4) is 0 Å². The summed E-state index contributed by atoms with van der Waals surface area (Å²) in [5, 5.41) is 10.1. The lowest BCUT2D eigenvalue weighted by Crippen LogP contribution is -2.15. The van der Waals surface area contributed by atoms with Crippen molar-refractivity contribution in [1.29, 1.82) is 0 Å². The van der Waals surface area contributed by atoms with Crippen LogP contribution >= 0.6 is 24.0 Å². The summed E-state index contributed by atoms with van der Waals surface area (Å²) in [7, 11) is -3.80. The summed E-state index contributed by atoms with van der Waals surface area (Å²) < 4.78 is 26.9. The number of hydrogen-bond donors (Lipinski definition) is 2. The zero-order valence-electron chi connectivity index (χ0n) is 14.1. The first-order valence-corrected chi connectivity index (χ1v) is 9.69. The monoisotopic (exact) mass is 418 g/mol. The van der Waals surface area contributed by atoms with Crippen molar-refractivity contribution >= 4 is 51.4 Å². The minimum atomic E-state index is -3.80.